The highest BCUT2D eigenvalue weighted by molar-refractivity contribution is 5.96. The number of rotatable bonds is 2. The van der Waals surface area contributed by atoms with Crippen LogP contribution in [0.5, 0.6) is 5.75 Å². The maximum atomic E-state index is 12.3. The van der Waals surface area contributed by atoms with Crippen molar-refractivity contribution >= 4 is 11.6 Å². The third-order valence-electron chi connectivity index (χ3n) is 4.75. The molecule has 0 aromatic heterocycles. The molecule has 1 aromatic rings. The molecular weight excluding hydrogens is 226 g/mol. The molecule has 1 aromatic carbocycles. The Balaban J connectivity index is 2.14. The van der Waals surface area contributed by atoms with Crippen molar-refractivity contribution in [3.8, 4) is 5.75 Å². The van der Waals surface area contributed by atoms with Crippen molar-refractivity contribution in [1.82, 2.24) is 0 Å². The second kappa shape index (κ2) is 3.74. The molecule has 3 heteroatoms. The van der Waals surface area contributed by atoms with E-state index in [1.165, 1.54) is 0 Å². The SMILES string of the molecule is Cc1cc(O)ccc1NC(=O)C1C(C)(C)C1(C)C. The number of aromatic hydroxyl groups is 1. The standard InChI is InChI=1S/C15H21NO2/c1-9-8-10(17)6-7-11(9)16-13(18)12-14(2,3)15(12,4)5/h6-8,12,17H,1-5H3,(H,16,18). The second-order valence-electron chi connectivity index (χ2n) is 6.36. The van der Waals surface area contributed by atoms with Crippen molar-refractivity contribution in [3.05, 3.63) is 23.8 Å². The van der Waals surface area contributed by atoms with Crippen LogP contribution in [0.15, 0.2) is 18.2 Å². The van der Waals surface area contributed by atoms with E-state index in [0.29, 0.717) is 0 Å². The van der Waals surface area contributed by atoms with Gasteiger partial charge >= 0.3 is 0 Å². The van der Waals surface area contributed by atoms with Gasteiger partial charge in [0.25, 0.3) is 0 Å². The van der Waals surface area contributed by atoms with Crippen LogP contribution >= 0.6 is 0 Å². The van der Waals surface area contributed by atoms with Gasteiger partial charge in [-0.3, -0.25) is 4.79 Å². The average molecular weight is 247 g/mol. The quantitative estimate of drug-likeness (QED) is 0.788. The lowest BCUT2D eigenvalue weighted by molar-refractivity contribution is -0.118. The summed E-state index contributed by atoms with van der Waals surface area (Å²) in [6.07, 6.45) is 0. The summed E-state index contributed by atoms with van der Waals surface area (Å²) in [5, 5.41) is 12.3. The predicted octanol–water partition coefficient (Wildman–Crippen LogP) is 3.32. The fourth-order valence-corrected chi connectivity index (χ4v) is 2.84. The van der Waals surface area contributed by atoms with E-state index in [1.807, 2.05) is 6.92 Å². The highest BCUT2D eigenvalue weighted by Gasteiger charge is 2.68. The molecule has 0 saturated heterocycles. The van der Waals surface area contributed by atoms with Crippen LogP contribution in [0, 0.1) is 23.7 Å². The predicted molar refractivity (Wildman–Crippen MR) is 72.5 cm³/mol. The third-order valence-corrected chi connectivity index (χ3v) is 4.75. The minimum atomic E-state index is 0.0400. The number of hydrogen-bond acceptors (Lipinski definition) is 2. The number of carbonyl (C=O) groups is 1. The lowest BCUT2D eigenvalue weighted by Gasteiger charge is -2.09. The molecule has 0 spiro atoms. The second-order valence-corrected chi connectivity index (χ2v) is 6.36. The minimum absolute atomic E-state index is 0.0400. The van der Waals surface area contributed by atoms with Crippen molar-refractivity contribution in [3.63, 3.8) is 0 Å². The Bertz CT molecular complexity index is 489. The number of phenolic OH excluding ortho intramolecular Hbond substituents is 1. The molecule has 2 rings (SSSR count). The van der Waals surface area contributed by atoms with E-state index in [2.05, 4.69) is 33.0 Å². The zero-order valence-electron chi connectivity index (χ0n) is 11.7. The van der Waals surface area contributed by atoms with Gasteiger partial charge in [0.15, 0.2) is 0 Å². The van der Waals surface area contributed by atoms with Gasteiger partial charge in [-0.1, -0.05) is 27.7 Å². The van der Waals surface area contributed by atoms with Crippen LogP contribution in [0.1, 0.15) is 33.3 Å². The first-order valence-electron chi connectivity index (χ1n) is 6.28. The number of benzene rings is 1. The first-order valence-corrected chi connectivity index (χ1v) is 6.28. The molecule has 0 aliphatic heterocycles. The van der Waals surface area contributed by atoms with Gasteiger partial charge in [0.1, 0.15) is 5.75 Å². The van der Waals surface area contributed by atoms with Crippen LogP contribution in [-0.4, -0.2) is 11.0 Å². The lowest BCUT2D eigenvalue weighted by Crippen LogP contribution is -2.18. The van der Waals surface area contributed by atoms with Crippen molar-refractivity contribution in [2.75, 3.05) is 5.32 Å². The summed E-state index contributed by atoms with van der Waals surface area (Å²) in [5.41, 5.74) is 1.74. The summed E-state index contributed by atoms with van der Waals surface area (Å²) in [7, 11) is 0. The van der Waals surface area contributed by atoms with E-state index in [-0.39, 0.29) is 28.4 Å². The number of hydrogen-bond donors (Lipinski definition) is 2. The Hall–Kier alpha value is -1.51. The van der Waals surface area contributed by atoms with E-state index >= 15 is 0 Å². The van der Waals surface area contributed by atoms with Gasteiger partial charge < -0.3 is 10.4 Å². The van der Waals surface area contributed by atoms with Crippen LogP contribution in [-0.2, 0) is 4.79 Å². The Morgan fingerprint density at radius 3 is 2.22 bits per heavy atom. The molecule has 0 unspecified atom stereocenters. The summed E-state index contributed by atoms with van der Waals surface area (Å²) in [4.78, 5) is 12.3. The first-order chi connectivity index (χ1) is 8.18. The summed E-state index contributed by atoms with van der Waals surface area (Å²) in [5.74, 6) is 0.328. The zero-order valence-corrected chi connectivity index (χ0v) is 11.7. The van der Waals surface area contributed by atoms with Gasteiger partial charge in [-0.05, 0) is 41.5 Å². The Kier molecular flexibility index (Phi) is 2.69. The monoisotopic (exact) mass is 247 g/mol. The number of nitrogens with one attached hydrogen (secondary N) is 1. The average Bonchev–Trinajstić information content (AvgIpc) is 2.62. The van der Waals surface area contributed by atoms with Crippen molar-refractivity contribution in [2.45, 2.75) is 34.6 Å². The summed E-state index contributed by atoms with van der Waals surface area (Å²) in [6, 6.07) is 4.98. The molecule has 1 amide bonds. The van der Waals surface area contributed by atoms with Crippen molar-refractivity contribution in [1.29, 1.82) is 0 Å². The molecule has 98 valence electrons. The van der Waals surface area contributed by atoms with Gasteiger partial charge in [0.2, 0.25) is 5.91 Å². The molecule has 18 heavy (non-hydrogen) atoms. The lowest BCUT2D eigenvalue weighted by atomic mass is 10.0. The van der Waals surface area contributed by atoms with Gasteiger partial charge in [-0.25, -0.2) is 0 Å². The first kappa shape index (κ1) is 12.9. The van der Waals surface area contributed by atoms with E-state index < -0.39 is 0 Å². The normalized spacial score (nSPS) is 20.5. The van der Waals surface area contributed by atoms with Crippen molar-refractivity contribution < 1.29 is 9.90 Å². The smallest absolute Gasteiger partial charge is 0.228 e. The number of amides is 1. The fourth-order valence-electron chi connectivity index (χ4n) is 2.84. The summed E-state index contributed by atoms with van der Waals surface area (Å²) < 4.78 is 0. The largest absolute Gasteiger partial charge is 0.508 e. The van der Waals surface area contributed by atoms with Crippen LogP contribution in [0.4, 0.5) is 5.69 Å². The highest BCUT2D eigenvalue weighted by Crippen LogP contribution is 2.68. The molecule has 0 bridgehead atoms. The van der Waals surface area contributed by atoms with Crippen LogP contribution in [0.25, 0.3) is 0 Å². The molecule has 1 fully saturated rings. The molecule has 1 aliphatic rings. The molecule has 0 atom stereocenters. The molecule has 1 aliphatic carbocycles. The van der Waals surface area contributed by atoms with E-state index in [0.717, 1.165) is 11.3 Å². The zero-order chi connectivity index (χ0) is 13.7. The van der Waals surface area contributed by atoms with Gasteiger partial charge in [0.05, 0.1) is 0 Å². The number of phenols is 1. The maximum Gasteiger partial charge on any atom is 0.228 e. The fraction of sp³-hybridized carbons (Fsp3) is 0.533. The van der Waals surface area contributed by atoms with Crippen LogP contribution < -0.4 is 5.32 Å². The topological polar surface area (TPSA) is 49.3 Å². The molecule has 2 N–H and O–H groups in total. The maximum absolute atomic E-state index is 12.3. The molecule has 1 saturated carbocycles. The van der Waals surface area contributed by atoms with E-state index in [4.69, 9.17) is 0 Å². The Morgan fingerprint density at radius 1 is 1.22 bits per heavy atom. The summed E-state index contributed by atoms with van der Waals surface area (Å²) in [6.45, 7) is 10.4. The van der Waals surface area contributed by atoms with E-state index in [1.54, 1.807) is 18.2 Å². The molecule has 0 heterocycles. The van der Waals surface area contributed by atoms with Crippen LogP contribution in [0.2, 0.25) is 0 Å². The summed E-state index contributed by atoms with van der Waals surface area (Å²) >= 11 is 0. The van der Waals surface area contributed by atoms with Crippen LogP contribution in [0.3, 0.4) is 0 Å². The van der Waals surface area contributed by atoms with E-state index in [9.17, 15) is 9.90 Å². The highest BCUT2D eigenvalue weighted by atomic mass is 16.3. The van der Waals surface area contributed by atoms with Gasteiger partial charge in [-0.2, -0.15) is 0 Å². The molecular formula is C15H21NO2. The number of anilines is 1. The Morgan fingerprint density at radius 2 is 1.78 bits per heavy atom. The number of carbonyl (C=O) groups excluding carboxylic acids is 1. The van der Waals surface area contributed by atoms with Crippen molar-refractivity contribution in [2.24, 2.45) is 16.7 Å². The minimum Gasteiger partial charge on any atom is -0.508 e. The number of aryl methyl sites for hydroxylation is 1. The van der Waals surface area contributed by atoms with Gasteiger partial charge in [-0.15, -0.1) is 0 Å². The van der Waals surface area contributed by atoms with Gasteiger partial charge in [0, 0.05) is 11.6 Å². The Labute approximate surface area is 108 Å². The third kappa shape index (κ3) is 1.78. The molecule has 3 nitrogen and oxygen atoms in total. The molecule has 0 radical (unpaired) electrons.